The summed E-state index contributed by atoms with van der Waals surface area (Å²) in [4.78, 5) is 12.7. The van der Waals surface area contributed by atoms with E-state index in [-0.39, 0.29) is 0 Å². The smallest absolute Gasteiger partial charge is 0.342 e. The summed E-state index contributed by atoms with van der Waals surface area (Å²) >= 11 is 3.43. The fourth-order valence-corrected chi connectivity index (χ4v) is 3.38. The van der Waals surface area contributed by atoms with E-state index in [2.05, 4.69) is 15.9 Å². The first kappa shape index (κ1) is 19.3. The van der Waals surface area contributed by atoms with Gasteiger partial charge in [0.05, 0.1) is 6.61 Å². The number of carbonyl (C=O) groups is 1. The molecule has 5 heteroatoms. The Hall–Kier alpha value is -3.05. The van der Waals surface area contributed by atoms with Gasteiger partial charge in [-0.05, 0) is 42.8 Å². The monoisotopic (exact) mass is 450 g/mol. The summed E-state index contributed by atoms with van der Waals surface area (Å²) in [7, 11) is 0. The van der Waals surface area contributed by atoms with Crippen molar-refractivity contribution in [1.82, 2.24) is 0 Å². The van der Waals surface area contributed by atoms with E-state index in [9.17, 15) is 4.79 Å². The predicted molar refractivity (Wildman–Crippen MR) is 116 cm³/mol. The number of hydrogen-bond acceptors (Lipinski definition) is 4. The first-order valence-corrected chi connectivity index (χ1v) is 10.1. The molecule has 29 heavy (non-hydrogen) atoms. The maximum absolute atomic E-state index is 12.7. The van der Waals surface area contributed by atoms with Crippen molar-refractivity contribution in [2.24, 2.45) is 0 Å². The minimum absolute atomic E-state index is 0.291. The number of carbonyl (C=O) groups excluding carboxylic acids is 1. The van der Waals surface area contributed by atoms with E-state index in [1.165, 1.54) is 0 Å². The lowest BCUT2D eigenvalue weighted by Gasteiger charge is -2.07. The number of fused-ring (bicyclic) bond motifs is 1. The minimum Gasteiger partial charge on any atom is -0.489 e. The molecule has 4 rings (SSSR count). The van der Waals surface area contributed by atoms with Gasteiger partial charge in [0.15, 0.2) is 0 Å². The Morgan fingerprint density at radius 1 is 1.00 bits per heavy atom. The third kappa shape index (κ3) is 4.20. The third-order valence-corrected chi connectivity index (χ3v) is 5.02. The van der Waals surface area contributed by atoms with Crippen LogP contribution < -0.4 is 4.74 Å². The predicted octanol–water partition coefficient (Wildman–Crippen LogP) is 6.62. The lowest BCUT2D eigenvalue weighted by atomic mass is 10.1. The normalized spacial score (nSPS) is 10.8. The molecule has 0 spiro atoms. The van der Waals surface area contributed by atoms with Gasteiger partial charge in [0.2, 0.25) is 0 Å². The van der Waals surface area contributed by atoms with Gasteiger partial charge in [0.25, 0.3) is 0 Å². The van der Waals surface area contributed by atoms with Crippen molar-refractivity contribution in [2.75, 3.05) is 6.61 Å². The molecule has 4 aromatic rings. The van der Waals surface area contributed by atoms with E-state index in [1.807, 2.05) is 72.8 Å². The zero-order chi connectivity index (χ0) is 20.2. The molecule has 0 aliphatic rings. The van der Waals surface area contributed by atoms with E-state index >= 15 is 0 Å². The molecule has 4 nitrogen and oxygen atoms in total. The van der Waals surface area contributed by atoms with Crippen LogP contribution in [0.5, 0.6) is 5.75 Å². The van der Waals surface area contributed by atoms with Crippen molar-refractivity contribution >= 4 is 32.9 Å². The van der Waals surface area contributed by atoms with Crippen molar-refractivity contribution in [3.8, 4) is 17.1 Å². The molecular formula is C24H19BrO4. The summed E-state index contributed by atoms with van der Waals surface area (Å²) in [6.45, 7) is 2.51. The Morgan fingerprint density at radius 2 is 1.76 bits per heavy atom. The van der Waals surface area contributed by atoms with Crippen LogP contribution in [0.4, 0.5) is 0 Å². The topological polar surface area (TPSA) is 48.7 Å². The average molecular weight is 451 g/mol. The van der Waals surface area contributed by atoms with Gasteiger partial charge in [0, 0.05) is 15.4 Å². The van der Waals surface area contributed by atoms with Gasteiger partial charge >= 0.3 is 5.97 Å². The van der Waals surface area contributed by atoms with Crippen LogP contribution in [0.2, 0.25) is 0 Å². The molecule has 0 bridgehead atoms. The summed E-state index contributed by atoms with van der Waals surface area (Å²) in [5.74, 6) is 0.755. The van der Waals surface area contributed by atoms with Crippen molar-refractivity contribution in [3.63, 3.8) is 0 Å². The molecule has 0 fully saturated rings. The van der Waals surface area contributed by atoms with Crippen LogP contribution in [-0.2, 0) is 11.3 Å². The number of rotatable bonds is 6. The maximum atomic E-state index is 12.7. The van der Waals surface area contributed by atoms with Crippen LogP contribution in [0.25, 0.3) is 22.3 Å². The van der Waals surface area contributed by atoms with Crippen molar-refractivity contribution in [3.05, 3.63) is 88.4 Å². The van der Waals surface area contributed by atoms with Gasteiger partial charge in [-0.2, -0.15) is 0 Å². The second-order valence-corrected chi connectivity index (χ2v) is 7.38. The van der Waals surface area contributed by atoms with Crippen LogP contribution in [0.15, 0.2) is 81.7 Å². The highest BCUT2D eigenvalue weighted by Gasteiger charge is 2.23. The fraction of sp³-hybridized carbons (Fsp3) is 0.125. The highest BCUT2D eigenvalue weighted by molar-refractivity contribution is 9.10. The summed E-state index contributed by atoms with van der Waals surface area (Å²) in [6.07, 6.45) is 0. The number of ether oxygens (including phenoxy) is 2. The number of hydrogen-bond donors (Lipinski definition) is 0. The lowest BCUT2D eigenvalue weighted by Crippen LogP contribution is -2.05. The van der Waals surface area contributed by atoms with Gasteiger partial charge in [-0.3, -0.25) is 0 Å². The fourth-order valence-electron chi connectivity index (χ4n) is 3.11. The molecule has 0 aliphatic heterocycles. The summed E-state index contributed by atoms with van der Waals surface area (Å²) in [5, 5.41) is 0.676. The molecule has 0 unspecified atom stereocenters. The maximum Gasteiger partial charge on any atom is 0.342 e. The molecule has 3 aromatic carbocycles. The number of halogens is 1. The van der Waals surface area contributed by atoms with E-state index in [1.54, 1.807) is 6.92 Å². The van der Waals surface area contributed by atoms with E-state index in [0.717, 1.165) is 15.6 Å². The highest BCUT2D eigenvalue weighted by Crippen LogP contribution is 2.36. The lowest BCUT2D eigenvalue weighted by molar-refractivity contribution is 0.0529. The Morgan fingerprint density at radius 3 is 2.48 bits per heavy atom. The van der Waals surface area contributed by atoms with Crippen molar-refractivity contribution < 1.29 is 18.7 Å². The van der Waals surface area contributed by atoms with Gasteiger partial charge in [-0.1, -0.05) is 58.4 Å². The zero-order valence-electron chi connectivity index (χ0n) is 15.9. The summed E-state index contributed by atoms with van der Waals surface area (Å²) in [5.41, 5.74) is 2.91. The van der Waals surface area contributed by atoms with Gasteiger partial charge in [-0.25, -0.2) is 4.79 Å². The van der Waals surface area contributed by atoms with E-state index < -0.39 is 5.97 Å². The molecule has 1 heterocycles. The second kappa shape index (κ2) is 8.53. The molecule has 0 amide bonds. The second-order valence-electron chi connectivity index (χ2n) is 6.47. The first-order chi connectivity index (χ1) is 14.2. The Labute approximate surface area is 177 Å². The zero-order valence-corrected chi connectivity index (χ0v) is 17.4. The average Bonchev–Trinajstić information content (AvgIpc) is 3.13. The Bertz CT molecular complexity index is 1130. The van der Waals surface area contributed by atoms with E-state index in [0.29, 0.717) is 41.3 Å². The molecule has 146 valence electrons. The van der Waals surface area contributed by atoms with E-state index in [4.69, 9.17) is 13.9 Å². The van der Waals surface area contributed by atoms with Gasteiger partial charge in [0.1, 0.15) is 29.3 Å². The van der Waals surface area contributed by atoms with Gasteiger partial charge < -0.3 is 13.9 Å². The summed E-state index contributed by atoms with van der Waals surface area (Å²) < 4.78 is 18.3. The number of esters is 1. The minimum atomic E-state index is -0.407. The molecule has 0 saturated carbocycles. The van der Waals surface area contributed by atoms with Crippen LogP contribution in [-0.4, -0.2) is 12.6 Å². The Kier molecular flexibility index (Phi) is 5.67. The molecule has 0 aliphatic carbocycles. The first-order valence-electron chi connectivity index (χ1n) is 9.32. The molecule has 1 aromatic heterocycles. The summed E-state index contributed by atoms with van der Waals surface area (Å²) in [6, 6.07) is 23.0. The molecule has 0 atom stereocenters. The SMILES string of the molecule is CCOC(=O)c1c(-c2ccccc2)oc2ccc(OCc3ccc(Br)cc3)cc12. The standard InChI is InChI=1S/C24H19BrO4/c1-2-27-24(26)22-20-14-19(28-15-16-8-10-18(25)11-9-16)12-13-21(20)29-23(22)17-6-4-3-5-7-17/h3-14H,2,15H2,1H3. The van der Waals surface area contributed by atoms with Gasteiger partial charge in [-0.15, -0.1) is 0 Å². The van der Waals surface area contributed by atoms with Crippen LogP contribution >= 0.6 is 15.9 Å². The molecule has 0 N–H and O–H groups in total. The van der Waals surface area contributed by atoms with Crippen LogP contribution in [0, 0.1) is 0 Å². The Balaban J connectivity index is 1.71. The largest absolute Gasteiger partial charge is 0.489 e. The molecule has 0 radical (unpaired) electrons. The quantitative estimate of drug-likeness (QED) is 0.309. The third-order valence-electron chi connectivity index (χ3n) is 4.49. The molecular weight excluding hydrogens is 432 g/mol. The number of benzene rings is 3. The molecule has 0 saturated heterocycles. The highest BCUT2D eigenvalue weighted by atomic mass is 79.9. The van der Waals surface area contributed by atoms with Crippen molar-refractivity contribution in [1.29, 1.82) is 0 Å². The number of furan rings is 1. The van der Waals surface area contributed by atoms with Crippen molar-refractivity contribution in [2.45, 2.75) is 13.5 Å². The van der Waals surface area contributed by atoms with Crippen LogP contribution in [0.1, 0.15) is 22.8 Å². The van der Waals surface area contributed by atoms with Crippen LogP contribution in [0.3, 0.4) is 0 Å².